The number of pyridine rings is 1. The summed E-state index contributed by atoms with van der Waals surface area (Å²) in [5.41, 5.74) is -0.423. The van der Waals surface area contributed by atoms with E-state index in [1.54, 1.807) is 4.57 Å². The number of nitrogens with one attached hydrogen (secondary N) is 1. The standard InChI is InChI=1S/C11H9F3N4S/c12-11(13,14)8-4-3-7(5-15-8)18-9(6-1-2-6)16-17-10(18)19/h3-6H,1-2H2,(H,17,19). The summed E-state index contributed by atoms with van der Waals surface area (Å²) in [5.74, 6) is 1.09. The Kier molecular flexibility index (Phi) is 2.70. The lowest BCUT2D eigenvalue weighted by molar-refractivity contribution is -0.141. The third-order valence-corrected chi connectivity index (χ3v) is 3.21. The molecule has 4 nitrogen and oxygen atoms in total. The minimum Gasteiger partial charge on any atom is -0.270 e. The maximum absolute atomic E-state index is 12.5. The van der Waals surface area contributed by atoms with Crippen LogP contribution in [0.1, 0.15) is 30.3 Å². The van der Waals surface area contributed by atoms with Gasteiger partial charge in [0.1, 0.15) is 11.5 Å². The normalized spacial score (nSPS) is 15.7. The van der Waals surface area contributed by atoms with E-state index in [0.717, 1.165) is 24.7 Å². The number of hydrogen-bond donors (Lipinski definition) is 1. The SMILES string of the molecule is FC(F)(F)c1ccc(-n2c(C3CC3)n[nH]c2=S)cn1. The van der Waals surface area contributed by atoms with Crippen LogP contribution in [0.4, 0.5) is 13.2 Å². The van der Waals surface area contributed by atoms with E-state index >= 15 is 0 Å². The van der Waals surface area contributed by atoms with E-state index in [1.807, 2.05) is 0 Å². The second-order valence-electron chi connectivity index (χ2n) is 4.40. The van der Waals surface area contributed by atoms with Crippen LogP contribution in [0.3, 0.4) is 0 Å². The molecule has 1 N–H and O–H groups in total. The van der Waals surface area contributed by atoms with Gasteiger partial charge in [-0.25, -0.2) is 4.98 Å². The monoisotopic (exact) mass is 286 g/mol. The van der Waals surface area contributed by atoms with Crippen molar-refractivity contribution in [1.82, 2.24) is 19.7 Å². The summed E-state index contributed by atoms with van der Waals surface area (Å²) in [4.78, 5) is 3.43. The highest BCUT2D eigenvalue weighted by Gasteiger charge is 2.33. The third-order valence-electron chi connectivity index (χ3n) is 2.94. The van der Waals surface area contributed by atoms with Gasteiger partial charge in [0.15, 0.2) is 4.77 Å². The van der Waals surface area contributed by atoms with E-state index in [1.165, 1.54) is 12.3 Å². The van der Waals surface area contributed by atoms with Gasteiger partial charge in [-0.15, -0.1) is 0 Å². The molecule has 0 atom stereocenters. The predicted molar refractivity (Wildman–Crippen MR) is 63.5 cm³/mol. The van der Waals surface area contributed by atoms with Crippen LogP contribution in [0.5, 0.6) is 0 Å². The Morgan fingerprint density at radius 1 is 1.32 bits per heavy atom. The van der Waals surface area contributed by atoms with Crippen molar-refractivity contribution in [2.24, 2.45) is 0 Å². The third kappa shape index (κ3) is 2.27. The zero-order chi connectivity index (χ0) is 13.6. The molecule has 0 saturated heterocycles. The van der Waals surface area contributed by atoms with Crippen LogP contribution in [0.25, 0.3) is 5.69 Å². The lowest BCUT2D eigenvalue weighted by atomic mass is 10.3. The predicted octanol–water partition coefficient (Wildman–Crippen LogP) is 3.22. The van der Waals surface area contributed by atoms with E-state index in [-0.39, 0.29) is 0 Å². The van der Waals surface area contributed by atoms with Crippen LogP contribution in [-0.2, 0) is 6.18 Å². The molecule has 1 saturated carbocycles. The molecule has 8 heteroatoms. The smallest absolute Gasteiger partial charge is 0.270 e. The molecule has 2 aromatic rings. The van der Waals surface area contributed by atoms with Crippen LogP contribution in [0, 0.1) is 4.77 Å². The van der Waals surface area contributed by atoms with Crippen LogP contribution in [0.15, 0.2) is 18.3 Å². The van der Waals surface area contributed by atoms with Gasteiger partial charge in [-0.1, -0.05) is 0 Å². The molecule has 0 radical (unpaired) electrons. The lowest BCUT2D eigenvalue weighted by Crippen LogP contribution is -2.09. The second kappa shape index (κ2) is 4.16. The zero-order valence-corrected chi connectivity index (χ0v) is 10.4. The van der Waals surface area contributed by atoms with E-state index in [9.17, 15) is 13.2 Å². The first-order valence-corrected chi connectivity index (χ1v) is 6.08. The molecule has 1 fully saturated rings. The van der Waals surface area contributed by atoms with Crippen LogP contribution in [0.2, 0.25) is 0 Å². The molecule has 3 rings (SSSR count). The van der Waals surface area contributed by atoms with Crippen LogP contribution < -0.4 is 0 Å². The van der Waals surface area contributed by atoms with E-state index in [0.29, 0.717) is 16.4 Å². The van der Waals surface area contributed by atoms with Gasteiger partial charge in [-0.2, -0.15) is 18.3 Å². The quantitative estimate of drug-likeness (QED) is 0.862. The molecule has 0 unspecified atom stereocenters. The first-order chi connectivity index (χ1) is 8.97. The molecule has 2 aromatic heterocycles. The molecule has 0 spiro atoms. The first-order valence-electron chi connectivity index (χ1n) is 5.68. The fraction of sp³-hybridized carbons (Fsp3) is 0.364. The Bertz CT molecular complexity index is 652. The molecule has 1 aliphatic carbocycles. The Morgan fingerprint density at radius 2 is 2.05 bits per heavy atom. The van der Waals surface area contributed by atoms with Gasteiger partial charge in [-0.05, 0) is 37.2 Å². The number of hydrogen-bond acceptors (Lipinski definition) is 3. The molecular weight excluding hydrogens is 277 g/mol. The van der Waals surface area contributed by atoms with E-state index in [4.69, 9.17) is 12.2 Å². The van der Waals surface area contributed by atoms with Gasteiger partial charge < -0.3 is 0 Å². The molecule has 0 amide bonds. The fourth-order valence-corrected chi connectivity index (χ4v) is 2.10. The van der Waals surface area contributed by atoms with Crippen molar-refractivity contribution in [3.05, 3.63) is 34.6 Å². The van der Waals surface area contributed by atoms with Crippen molar-refractivity contribution in [1.29, 1.82) is 0 Å². The highest BCUT2D eigenvalue weighted by Crippen LogP contribution is 2.39. The highest BCUT2D eigenvalue weighted by atomic mass is 32.1. The topological polar surface area (TPSA) is 46.5 Å². The van der Waals surface area contributed by atoms with Gasteiger partial charge in [0, 0.05) is 5.92 Å². The number of H-pyrrole nitrogens is 1. The maximum Gasteiger partial charge on any atom is 0.433 e. The number of halogens is 3. The summed E-state index contributed by atoms with van der Waals surface area (Å²) in [6.07, 6.45) is -1.23. The van der Waals surface area contributed by atoms with E-state index in [2.05, 4.69) is 15.2 Å². The number of alkyl halides is 3. The molecule has 1 aliphatic rings. The van der Waals surface area contributed by atoms with Gasteiger partial charge in [-0.3, -0.25) is 9.67 Å². The lowest BCUT2D eigenvalue weighted by Gasteiger charge is -2.08. The summed E-state index contributed by atoms with van der Waals surface area (Å²) >= 11 is 5.10. The largest absolute Gasteiger partial charge is 0.433 e. The minimum absolute atomic E-state index is 0.329. The Balaban J connectivity index is 2.03. The van der Waals surface area contributed by atoms with Gasteiger partial charge in [0.2, 0.25) is 0 Å². The average Bonchev–Trinajstić information content (AvgIpc) is 3.12. The van der Waals surface area contributed by atoms with Gasteiger partial charge in [0.05, 0.1) is 11.9 Å². The Morgan fingerprint density at radius 3 is 2.58 bits per heavy atom. The molecule has 100 valence electrons. The van der Waals surface area contributed by atoms with Crippen molar-refractivity contribution in [3.63, 3.8) is 0 Å². The molecular formula is C11H9F3N4S. The number of aromatic nitrogens is 4. The van der Waals surface area contributed by atoms with Gasteiger partial charge in [0.25, 0.3) is 0 Å². The Labute approximate surface area is 111 Å². The summed E-state index contributed by atoms with van der Waals surface area (Å²) in [6.45, 7) is 0. The zero-order valence-electron chi connectivity index (χ0n) is 9.61. The summed E-state index contributed by atoms with van der Waals surface area (Å²) in [6, 6.07) is 2.30. The van der Waals surface area contributed by atoms with Crippen molar-refractivity contribution >= 4 is 12.2 Å². The highest BCUT2D eigenvalue weighted by molar-refractivity contribution is 7.71. The molecule has 0 bridgehead atoms. The fourth-order valence-electron chi connectivity index (χ4n) is 1.86. The second-order valence-corrected chi connectivity index (χ2v) is 4.78. The number of nitrogens with zero attached hydrogens (tertiary/aromatic N) is 3. The maximum atomic E-state index is 12.5. The van der Waals surface area contributed by atoms with Crippen molar-refractivity contribution in [2.75, 3.05) is 0 Å². The van der Waals surface area contributed by atoms with Crippen LogP contribution >= 0.6 is 12.2 Å². The molecule has 0 aromatic carbocycles. The summed E-state index contributed by atoms with van der Waals surface area (Å²) < 4.78 is 39.4. The minimum atomic E-state index is -4.43. The van der Waals surface area contributed by atoms with Crippen molar-refractivity contribution in [3.8, 4) is 5.69 Å². The van der Waals surface area contributed by atoms with Crippen molar-refractivity contribution < 1.29 is 13.2 Å². The summed E-state index contributed by atoms with van der Waals surface area (Å²) in [5, 5.41) is 6.79. The van der Waals surface area contributed by atoms with E-state index < -0.39 is 11.9 Å². The van der Waals surface area contributed by atoms with Crippen molar-refractivity contribution in [2.45, 2.75) is 24.9 Å². The molecule has 2 heterocycles. The number of aromatic amines is 1. The van der Waals surface area contributed by atoms with Crippen LogP contribution in [-0.4, -0.2) is 19.7 Å². The molecule has 0 aliphatic heterocycles. The average molecular weight is 286 g/mol. The van der Waals surface area contributed by atoms with Gasteiger partial charge >= 0.3 is 6.18 Å². The Hall–Kier alpha value is -1.70. The number of rotatable bonds is 2. The molecule has 19 heavy (non-hydrogen) atoms. The summed E-state index contributed by atoms with van der Waals surface area (Å²) in [7, 11) is 0. The first kappa shape index (κ1) is 12.3.